The lowest BCUT2D eigenvalue weighted by Gasteiger charge is -2.15. The zero-order chi connectivity index (χ0) is 18.9. The van der Waals surface area contributed by atoms with Crippen molar-refractivity contribution >= 4 is 33.8 Å². The van der Waals surface area contributed by atoms with Crippen LogP contribution < -0.4 is 10.1 Å². The summed E-state index contributed by atoms with van der Waals surface area (Å²) in [5.74, 6) is 0.822. The third-order valence-corrected chi connectivity index (χ3v) is 6.20. The summed E-state index contributed by atoms with van der Waals surface area (Å²) in [5.41, 5.74) is 1.63. The molecule has 1 amide bonds. The molecular formula is C21H19ClN2O2S. The van der Waals surface area contributed by atoms with E-state index in [1.165, 1.54) is 11.3 Å². The number of halogens is 1. The van der Waals surface area contributed by atoms with E-state index in [-0.39, 0.29) is 5.91 Å². The van der Waals surface area contributed by atoms with Gasteiger partial charge in [0.05, 0.1) is 23.7 Å². The van der Waals surface area contributed by atoms with Gasteiger partial charge in [-0.25, -0.2) is 4.98 Å². The number of amides is 1. The van der Waals surface area contributed by atoms with E-state index in [1.54, 1.807) is 13.3 Å². The lowest BCUT2D eigenvalue weighted by Crippen LogP contribution is -2.27. The molecule has 0 saturated heterocycles. The van der Waals surface area contributed by atoms with Gasteiger partial charge in [0.25, 0.3) is 0 Å². The fourth-order valence-corrected chi connectivity index (χ4v) is 4.21. The number of benzene rings is 2. The summed E-state index contributed by atoms with van der Waals surface area (Å²) in [6.45, 7) is 0. The van der Waals surface area contributed by atoms with Gasteiger partial charge in [0.2, 0.25) is 5.91 Å². The van der Waals surface area contributed by atoms with E-state index < -0.39 is 5.41 Å². The Morgan fingerprint density at radius 1 is 1.22 bits per heavy atom. The van der Waals surface area contributed by atoms with Crippen LogP contribution in [0.2, 0.25) is 5.02 Å². The molecule has 0 atom stereocenters. The number of hydrogen-bond donors (Lipinski definition) is 1. The van der Waals surface area contributed by atoms with E-state index in [0.717, 1.165) is 44.7 Å². The molecule has 1 fully saturated rings. The first-order chi connectivity index (χ1) is 13.1. The normalized spacial score (nSPS) is 14.6. The van der Waals surface area contributed by atoms with Crippen molar-refractivity contribution in [2.75, 3.05) is 12.4 Å². The summed E-state index contributed by atoms with van der Waals surface area (Å²) >= 11 is 7.71. The molecule has 1 aliphatic carbocycles. The van der Waals surface area contributed by atoms with E-state index in [9.17, 15) is 4.79 Å². The van der Waals surface area contributed by atoms with Crippen molar-refractivity contribution < 1.29 is 9.53 Å². The van der Waals surface area contributed by atoms with Gasteiger partial charge in [-0.15, -0.1) is 11.3 Å². The number of aromatic nitrogens is 1. The quantitative estimate of drug-likeness (QED) is 0.630. The number of carbonyl (C=O) groups excluding carboxylic acids is 1. The Hall–Kier alpha value is -2.37. The van der Waals surface area contributed by atoms with Crippen molar-refractivity contribution in [3.05, 3.63) is 75.9 Å². The van der Waals surface area contributed by atoms with E-state index >= 15 is 0 Å². The van der Waals surface area contributed by atoms with Crippen LogP contribution in [0.5, 0.6) is 5.75 Å². The molecule has 4 rings (SSSR count). The number of rotatable bonds is 6. The van der Waals surface area contributed by atoms with Crippen LogP contribution >= 0.6 is 22.9 Å². The molecule has 0 aliphatic heterocycles. The van der Waals surface area contributed by atoms with Crippen LogP contribution in [-0.4, -0.2) is 18.0 Å². The molecule has 4 nitrogen and oxygen atoms in total. The van der Waals surface area contributed by atoms with Crippen molar-refractivity contribution in [1.82, 2.24) is 4.98 Å². The molecule has 2 aromatic carbocycles. The van der Waals surface area contributed by atoms with Gasteiger partial charge in [-0.3, -0.25) is 4.79 Å². The van der Waals surface area contributed by atoms with Gasteiger partial charge >= 0.3 is 0 Å². The zero-order valence-corrected chi connectivity index (χ0v) is 16.4. The number of thiazole rings is 1. The van der Waals surface area contributed by atoms with Crippen LogP contribution in [0.15, 0.2) is 54.7 Å². The van der Waals surface area contributed by atoms with Crippen LogP contribution in [-0.2, 0) is 16.6 Å². The molecule has 0 unspecified atom stereocenters. The highest BCUT2D eigenvalue weighted by molar-refractivity contribution is 7.15. The molecule has 0 bridgehead atoms. The SMILES string of the molecule is COc1ccc(C2(C(=O)Nc3cnc(Cc4ccccc4Cl)s3)CC2)cc1. The van der Waals surface area contributed by atoms with Gasteiger partial charge in [-0.05, 0) is 42.2 Å². The molecule has 1 saturated carbocycles. The fourth-order valence-electron chi connectivity index (χ4n) is 3.17. The number of nitrogens with one attached hydrogen (secondary N) is 1. The molecule has 138 valence electrons. The molecule has 1 aromatic heterocycles. The Bertz CT molecular complexity index is 964. The molecular weight excluding hydrogens is 380 g/mol. The van der Waals surface area contributed by atoms with Crippen molar-refractivity contribution in [3.8, 4) is 5.75 Å². The first-order valence-electron chi connectivity index (χ1n) is 8.75. The van der Waals surface area contributed by atoms with Gasteiger partial charge in [-0.2, -0.15) is 0 Å². The predicted molar refractivity (Wildman–Crippen MR) is 109 cm³/mol. The zero-order valence-electron chi connectivity index (χ0n) is 14.9. The highest BCUT2D eigenvalue weighted by Crippen LogP contribution is 2.49. The molecule has 3 aromatic rings. The van der Waals surface area contributed by atoms with Gasteiger partial charge < -0.3 is 10.1 Å². The van der Waals surface area contributed by atoms with Crippen LogP contribution in [0.1, 0.15) is 29.0 Å². The Morgan fingerprint density at radius 3 is 2.63 bits per heavy atom. The Labute approximate surface area is 167 Å². The summed E-state index contributed by atoms with van der Waals surface area (Å²) in [4.78, 5) is 17.3. The largest absolute Gasteiger partial charge is 0.497 e. The second kappa shape index (κ2) is 7.33. The van der Waals surface area contributed by atoms with Gasteiger partial charge in [0, 0.05) is 11.4 Å². The fraction of sp³-hybridized carbons (Fsp3) is 0.238. The summed E-state index contributed by atoms with van der Waals surface area (Å²) in [6, 6.07) is 15.5. The molecule has 0 spiro atoms. The average molecular weight is 399 g/mol. The third-order valence-electron chi connectivity index (χ3n) is 4.92. The van der Waals surface area contributed by atoms with Crippen LogP contribution in [0, 0.1) is 0 Å². The minimum Gasteiger partial charge on any atom is -0.497 e. The van der Waals surface area contributed by atoms with E-state index in [0.29, 0.717) is 6.42 Å². The molecule has 1 aliphatic rings. The van der Waals surface area contributed by atoms with E-state index in [2.05, 4.69) is 10.3 Å². The van der Waals surface area contributed by atoms with Crippen molar-refractivity contribution in [3.63, 3.8) is 0 Å². The molecule has 0 radical (unpaired) electrons. The Balaban J connectivity index is 1.45. The molecule has 1 N–H and O–H groups in total. The van der Waals surface area contributed by atoms with E-state index in [1.807, 2.05) is 48.5 Å². The van der Waals surface area contributed by atoms with Crippen LogP contribution in [0.3, 0.4) is 0 Å². The van der Waals surface area contributed by atoms with Crippen molar-refractivity contribution in [1.29, 1.82) is 0 Å². The Morgan fingerprint density at radius 2 is 1.96 bits per heavy atom. The number of anilines is 1. The van der Waals surface area contributed by atoms with Gasteiger partial charge in [-0.1, -0.05) is 41.9 Å². The van der Waals surface area contributed by atoms with Gasteiger partial charge in [0.1, 0.15) is 10.8 Å². The van der Waals surface area contributed by atoms with E-state index in [4.69, 9.17) is 16.3 Å². The first kappa shape index (κ1) is 18.0. The first-order valence-corrected chi connectivity index (χ1v) is 9.94. The number of methoxy groups -OCH3 is 1. The minimum absolute atomic E-state index is 0.0283. The summed E-state index contributed by atoms with van der Waals surface area (Å²) in [7, 11) is 1.64. The third kappa shape index (κ3) is 3.70. The topological polar surface area (TPSA) is 51.2 Å². The minimum atomic E-state index is -0.431. The average Bonchev–Trinajstić information content (AvgIpc) is 3.39. The summed E-state index contributed by atoms with van der Waals surface area (Å²) in [5, 5.41) is 5.47. The highest BCUT2D eigenvalue weighted by Gasteiger charge is 2.51. The number of carbonyl (C=O) groups is 1. The van der Waals surface area contributed by atoms with Crippen LogP contribution in [0.4, 0.5) is 5.00 Å². The lowest BCUT2D eigenvalue weighted by atomic mass is 9.95. The lowest BCUT2D eigenvalue weighted by molar-refractivity contribution is -0.118. The summed E-state index contributed by atoms with van der Waals surface area (Å²) < 4.78 is 5.20. The molecule has 1 heterocycles. The standard InChI is InChI=1S/C21H19ClN2O2S/c1-26-16-8-6-15(7-9-16)21(10-11-21)20(25)24-19-13-23-18(27-19)12-14-4-2-3-5-17(14)22/h2-9,13H,10-12H2,1H3,(H,24,25). The van der Waals surface area contributed by atoms with Crippen molar-refractivity contribution in [2.45, 2.75) is 24.7 Å². The number of hydrogen-bond acceptors (Lipinski definition) is 4. The van der Waals surface area contributed by atoms with Crippen molar-refractivity contribution in [2.24, 2.45) is 0 Å². The molecule has 6 heteroatoms. The smallest absolute Gasteiger partial charge is 0.235 e. The second-order valence-electron chi connectivity index (χ2n) is 6.65. The second-order valence-corrected chi connectivity index (χ2v) is 8.17. The maximum absolute atomic E-state index is 12.9. The molecule has 27 heavy (non-hydrogen) atoms. The highest BCUT2D eigenvalue weighted by atomic mass is 35.5. The Kier molecular flexibility index (Phi) is 4.89. The maximum Gasteiger partial charge on any atom is 0.235 e. The number of nitrogens with zero attached hydrogens (tertiary/aromatic N) is 1. The number of ether oxygens (including phenoxy) is 1. The maximum atomic E-state index is 12.9. The summed E-state index contributed by atoms with van der Waals surface area (Å²) in [6.07, 6.45) is 4.09. The van der Waals surface area contributed by atoms with Gasteiger partial charge in [0.15, 0.2) is 0 Å². The van der Waals surface area contributed by atoms with Crippen LogP contribution in [0.25, 0.3) is 0 Å². The monoisotopic (exact) mass is 398 g/mol. The predicted octanol–water partition coefficient (Wildman–Crippen LogP) is 5.07.